The lowest BCUT2D eigenvalue weighted by molar-refractivity contribution is 0.189. The number of likely N-dealkylation sites (tertiary alicyclic amines) is 1. The molecule has 1 saturated heterocycles. The van der Waals surface area contributed by atoms with Crippen molar-refractivity contribution in [2.45, 2.75) is 45.9 Å². The molecule has 0 unspecified atom stereocenters. The first-order valence-corrected chi connectivity index (χ1v) is 11.2. The molecule has 1 aromatic carbocycles. The van der Waals surface area contributed by atoms with Crippen LogP contribution in [0.15, 0.2) is 41.8 Å². The summed E-state index contributed by atoms with van der Waals surface area (Å²) in [5.74, 6) is 1.90. The molecule has 5 nitrogen and oxygen atoms in total. The molecule has 3 heterocycles. The van der Waals surface area contributed by atoms with Crippen LogP contribution in [0.1, 0.15) is 38.3 Å². The van der Waals surface area contributed by atoms with Gasteiger partial charge in [-0.25, -0.2) is 4.68 Å². The normalized spacial score (nSPS) is 17.3. The predicted molar refractivity (Wildman–Crippen MR) is 116 cm³/mol. The van der Waals surface area contributed by atoms with Gasteiger partial charge >= 0.3 is 0 Å². The largest absolute Gasteiger partial charge is 0.494 e. The molecule has 7 heteroatoms. The maximum Gasteiger partial charge on any atom is 0.199 e. The highest BCUT2D eigenvalue weighted by molar-refractivity contribution is 7.71. The molecule has 1 fully saturated rings. The van der Waals surface area contributed by atoms with Crippen molar-refractivity contribution in [3.8, 4) is 16.5 Å². The van der Waals surface area contributed by atoms with E-state index in [4.69, 9.17) is 22.1 Å². The fourth-order valence-corrected chi connectivity index (χ4v) is 4.94. The van der Waals surface area contributed by atoms with Gasteiger partial charge in [-0.3, -0.25) is 9.47 Å². The van der Waals surface area contributed by atoms with Gasteiger partial charge < -0.3 is 4.74 Å². The molecule has 0 radical (unpaired) electrons. The van der Waals surface area contributed by atoms with Crippen molar-refractivity contribution in [3.05, 3.63) is 52.1 Å². The van der Waals surface area contributed by atoms with E-state index >= 15 is 0 Å². The first-order chi connectivity index (χ1) is 13.7. The van der Waals surface area contributed by atoms with Crippen LogP contribution in [0.4, 0.5) is 0 Å². The molecule has 1 aliphatic heterocycles. The predicted octanol–water partition coefficient (Wildman–Crippen LogP) is 5.36. The minimum absolute atomic E-state index is 0.398. The summed E-state index contributed by atoms with van der Waals surface area (Å²) in [6.07, 6.45) is 2.35. The van der Waals surface area contributed by atoms with E-state index in [1.54, 1.807) is 11.3 Å². The van der Waals surface area contributed by atoms with E-state index in [1.165, 1.54) is 12.0 Å². The minimum atomic E-state index is 0.398. The van der Waals surface area contributed by atoms with Gasteiger partial charge in [-0.15, -0.1) is 16.4 Å². The molecule has 0 saturated carbocycles. The zero-order chi connectivity index (χ0) is 19.5. The third-order valence-corrected chi connectivity index (χ3v) is 6.53. The van der Waals surface area contributed by atoms with Crippen molar-refractivity contribution in [2.75, 3.05) is 13.2 Å². The summed E-state index contributed by atoms with van der Waals surface area (Å²) in [6.45, 7) is 7.44. The van der Waals surface area contributed by atoms with Crippen LogP contribution in [0, 0.1) is 4.77 Å². The second-order valence-corrected chi connectivity index (χ2v) is 8.25. The SMILES string of the molecule is CCOc1ccc([C@H]2CCCN2Cn2nc(-c3cccs3)n(CC)c2=S)cc1. The zero-order valence-electron chi connectivity index (χ0n) is 16.4. The van der Waals surface area contributed by atoms with Gasteiger partial charge in [0, 0.05) is 19.1 Å². The van der Waals surface area contributed by atoms with Crippen molar-refractivity contribution in [2.24, 2.45) is 0 Å². The minimum Gasteiger partial charge on any atom is -0.494 e. The Labute approximate surface area is 175 Å². The summed E-state index contributed by atoms with van der Waals surface area (Å²) in [4.78, 5) is 3.65. The van der Waals surface area contributed by atoms with Crippen LogP contribution < -0.4 is 4.74 Å². The number of ether oxygens (including phenoxy) is 1. The van der Waals surface area contributed by atoms with Gasteiger partial charge in [0.15, 0.2) is 10.6 Å². The Morgan fingerprint density at radius 1 is 1.21 bits per heavy atom. The van der Waals surface area contributed by atoms with E-state index in [2.05, 4.69) is 58.2 Å². The molecule has 148 valence electrons. The fourth-order valence-electron chi connectivity index (χ4n) is 3.90. The van der Waals surface area contributed by atoms with Gasteiger partial charge in [-0.1, -0.05) is 18.2 Å². The molecular formula is C21H26N4OS2. The van der Waals surface area contributed by atoms with E-state index in [0.717, 1.165) is 47.4 Å². The van der Waals surface area contributed by atoms with Crippen molar-refractivity contribution in [3.63, 3.8) is 0 Å². The smallest absolute Gasteiger partial charge is 0.199 e. The fraction of sp³-hybridized carbons (Fsp3) is 0.429. The summed E-state index contributed by atoms with van der Waals surface area (Å²) in [5.41, 5.74) is 1.33. The third-order valence-electron chi connectivity index (χ3n) is 5.24. The Hall–Kier alpha value is -1.96. The summed E-state index contributed by atoms with van der Waals surface area (Å²) >= 11 is 7.45. The molecule has 0 spiro atoms. The Morgan fingerprint density at radius 3 is 2.71 bits per heavy atom. The molecule has 0 aliphatic carbocycles. The number of thiophene rings is 1. The van der Waals surface area contributed by atoms with Gasteiger partial charge in [0.05, 0.1) is 18.2 Å². The molecular weight excluding hydrogens is 388 g/mol. The molecule has 4 rings (SSSR count). The quantitative estimate of drug-likeness (QED) is 0.488. The highest BCUT2D eigenvalue weighted by Crippen LogP contribution is 2.33. The zero-order valence-corrected chi connectivity index (χ0v) is 18.0. The Balaban J connectivity index is 1.57. The van der Waals surface area contributed by atoms with E-state index in [0.29, 0.717) is 12.6 Å². The molecule has 1 atom stereocenters. The van der Waals surface area contributed by atoms with Crippen molar-refractivity contribution >= 4 is 23.6 Å². The summed E-state index contributed by atoms with van der Waals surface area (Å²) in [5, 5.41) is 6.96. The van der Waals surface area contributed by atoms with Crippen LogP contribution in [-0.4, -0.2) is 32.4 Å². The van der Waals surface area contributed by atoms with Crippen LogP contribution in [0.5, 0.6) is 5.75 Å². The average molecular weight is 415 g/mol. The van der Waals surface area contributed by atoms with Crippen LogP contribution in [-0.2, 0) is 13.2 Å². The molecule has 0 amide bonds. The van der Waals surface area contributed by atoms with E-state index in [-0.39, 0.29) is 0 Å². The first kappa shape index (κ1) is 19.4. The van der Waals surface area contributed by atoms with E-state index in [9.17, 15) is 0 Å². The van der Waals surface area contributed by atoms with Crippen LogP contribution in [0.2, 0.25) is 0 Å². The average Bonchev–Trinajstić information content (AvgIpc) is 3.44. The van der Waals surface area contributed by atoms with Gasteiger partial charge in [0.2, 0.25) is 0 Å². The highest BCUT2D eigenvalue weighted by Gasteiger charge is 2.27. The monoisotopic (exact) mass is 414 g/mol. The van der Waals surface area contributed by atoms with Crippen LogP contribution in [0.25, 0.3) is 10.7 Å². The van der Waals surface area contributed by atoms with Gasteiger partial charge in [0.1, 0.15) is 5.75 Å². The number of benzene rings is 1. The molecule has 2 aromatic heterocycles. The van der Waals surface area contributed by atoms with Crippen LogP contribution >= 0.6 is 23.6 Å². The maximum atomic E-state index is 5.75. The van der Waals surface area contributed by atoms with Gasteiger partial charge in [-0.2, -0.15) is 0 Å². The lowest BCUT2D eigenvalue weighted by Gasteiger charge is -2.24. The lowest BCUT2D eigenvalue weighted by Crippen LogP contribution is -2.27. The molecule has 0 N–H and O–H groups in total. The van der Waals surface area contributed by atoms with E-state index < -0.39 is 0 Å². The Kier molecular flexibility index (Phi) is 5.94. The Bertz CT molecular complexity index is 959. The lowest BCUT2D eigenvalue weighted by atomic mass is 10.0. The number of hydrogen-bond donors (Lipinski definition) is 0. The summed E-state index contributed by atoms with van der Waals surface area (Å²) in [7, 11) is 0. The number of hydrogen-bond acceptors (Lipinski definition) is 5. The Morgan fingerprint density at radius 2 is 2.04 bits per heavy atom. The molecule has 28 heavy (non-hydrogen) atoms. The number of aromatic nitrogens is 3. The third kappa shape index (κ3) is 3.79. The number of rotatable bonds is 7. The maximum absolute atomic E-state index is 5.75. The number of nitrogens with zero attached hydrogens (tertiary/aromatic N) is 4. The summed E-state index contributed by atoms with van der Waals surface area (Å²) in [6, 6.07) is 13.1. The van der Waals surface area contributed by atoms with Gasteiger partial charge in [-0.05, 0) is 68.0 Å². The second-order valence-electron chi connectivity index (χ2n) is 6.94. The van der Waals surface area contributed by atoms with Crippen molar-refractivity contribution < 1.29 is 4.74 Å². The second kappa shape index (κ2) is 8.59. The van der Waals surface area contributed by atoms with Gasteiger partial charge in [0.25, 0.3) is 0 Å². The van der Waals surface area contributed by atoms with Crippen molar-refractivity contribution in [1.29, 1.82) is 0 Å². The van der Waals surface area contributed by atoms with Crippen LogP contribution in [0.3, 0.4) is 0 Å². The topological polar surface area (TPSA) is 35.2 Å². The standard InChI is InChI=1S/C21H26N4OS2/c1-3-24-20(19-8-6-14-28-19)22-25(21(24)27)15-23-13-5-7-18(23)16-9-11-17(12-10-16)26-4-2/h6,8-12,14,18H,3-5,7,13,15H2,1-2H3/t18-/m1/s1. The van der Waals surface area contributed by atoms with Crippen molar-refractivity contribution in [1.82, 2.24) is 19.2 Å². The first-order valence-electron chi connectivity index (χ1n) is 9.89. The van der Waals surface area contributed by atoms with E-state index in [1.807, 2.05) is 11.6 Å². The highest BCUT2D eigenvalue weighted by atomic mass is 32.1. The summed E-state index contributed by atoms with van der Waals surface area (Å²) < 4.78 is 10.5. The molecule has 1 aliphatic rings. The molecule has 0 bridgehead atoms. The molecule has 3 aromatic rings.